The Morgan fingerprint density at radius 3 is 2.63 bits per heavy atom. The normalized spacial score (nSPS) is 16.6. The Morgan fingerprint density at radius 2 is 2.00 bits per heavy atom. The molecule has 2 N–H and O–H groups in total. The lowest BCUT2D eigenvalue weighted by atomic mass is 9.92. The number of nitrogens with zero attached hydrogens (tertiary/aromatic N) is 2. The number of phenolic OH excluding ortho intramolecular Hbond substituents is 1. The van der Waals surface area contributed by atoms with E-state index >= 15 is 0 Å². The van der Waals surface area contributed by atoms with Crippen molar-refractivity contribution in [1.82, 2.24) is 9.88 Å². The molecule has 1 saturated heterocycles. The molecule has 146 valence electrons. The predicted octanol–water partition coefficient (Wildman–Crippen LogP) is 2.55. The molecular weight excluding hydrogens is 385 g/mol. The molecule has 1 amide bonds. The van der Waals surface area contributed by atoms with Crippen molar-refractivity contribution in [3.63, 3.8) is 0 Å². The quantitative estimate of drug-likeness (QED) is 0.768. The molecule has 10 heteroatoms. The Bertz CT molecular complexity index is 866. The molecule has 3 rings (SSSR count). The van der Waals surface area contributed by atoms with E-state index in [1.54, 1.807) is 0 Å². The van der Waals surface area contributed by atoms with Crippen molar-refractivity contribution in [2.45, 2.75) is 18.4 Å². The Balaban J connectivity index is 1.78. The number of carbonyl (C=O) groups excluding carboxylic acids is 1. The third kappa shape index (κ3) is 3.78. The number of thiazole rings is 1. The maximum absolute atomic E-state index is 14.0. The number of ether oxygens (including phenoxy) is 1. The number of hydrogen-bond acceptors (Lipinski definition) is 6. The number of hydrogen-bond donors (Lipinski definition) is 2. The van der Waals surface area contributed by atoms with Gasteiger partial charge in [-0.25, -0.2) is 13.8 Å². The molecule has 1 aromatic heterocycles. The molecule has 1 aliphatic rings. The minimum Gasteiger partial charge on any atom is -0.503 e. The smallest absolute Gasteiger partial charge is 0.265 e. The number of aromatic nitrogens is 1. The lowest BCUT2D eigenvalue weighted by Gasteiger charge is -2.37. The molecular formula is C17H17F3N2O4S. The molecule has 27 heavy (non-hydrogen) atoms. The maximum atomic E-state index is 14.0. The molecule has 0 bridgehead atoms. The molecule has 2 aromatic rings. The third-order valence-corrected chi connectivity index (χ3v) is 5.49. The van der Waals surface area contributed by atoms with Crippen LogP contribution in [0.4, 0.5) is 13.2 Å². The molecule has 0 spiro atoms. The zero-order valence-corrected chi connectivity index (χ0v) is 15.2. The Morgan fingerprint density at radius 1 is 1.33 bits per heavy atom. The van der Waals surface area contributed by atoms with Crippen LogP contribution in [0.25, 0.3) is 10.6 Å². The van der Waals surface area contributed by atoms with Crippen molar-refractivity contribution in [2.75, 3.05) is 26.8 Å². The largest absolute Gasteiger partial charge is 0.503 e. The van der Waals surface area contributed by atoms with Gasteiger partial charge in [0.05, 0.1) is 24.0 Å². The van der Waals surface area contributed by atoms with E-state index in [0.717, 1.165) is 11.3 Å². The lowest BCUT2D eigenvalue weighted by molar-refractivity contribution is -0.0662. The van der Waals surface area contributed by atoms with Crippen LogP contribution in [0.15, 0.2) is 12.3 Å². The number of likely N-dealkylation sites (tertiary alicyclic amines) is 1. The zero-order chi connectivity index (χ0) is 19.8. The van der Waals surface area contributed by atoms with Crippen molar-refractivity contribution in [1.29, 1.82) is 0 Å². The van der Waals surface area contributed by atoms with E-state index in [-0.39, 0.29) is 22.4 Å². The summed E-state index contributed by atoms with van der Waals surface area (Å²) in [4.78, 5) is 18.2. The Labute approximate surface area is 156 Å². The first kappa shape index (κ1) is 19.6. The van der Waals surface area contributed by atoms with Crippen LogP contribution in [0.5, 0.6) is 5.75 Å². The van der Waals surface area contributed by atoms with E-state index in [1.807, 2.05) is 0 Å². The fourth-order valence-electron chi connectivity index (χ4n) is 2.94. The summed E-state index contributed by atoms with van der Waals surface area (Å²) in [6.45, 7) is 0.803. The number of benzene rings is 1. The molecule has 0 atom stereocenters. The number of aliphatic hydroxyl groups is 1. The highest BCUT2D eigenvalue weighted by atomic mass is 32.1. The average Bonchev–Trinajstić information content (AvgIpc) is 3.13. The molecule has 2 heterocycles. The van der Waals surface area contributed by atoms with Crippen molar-refractivity contribution < 1.29 is 32.9 Å². The number of amides is 1. The first-order chi connectivity index (χ1) is 12.8. The first-order valence-corrected chi connectivity index (χ1v) is 8.90. The van der Waals surface area contributed by atoms with Gasteiger partial charge in [0.25, 0.3) is 5.91 Å². The summed E-state index contributed by atoms with van der Waals surface area (Å²) >= 11 is 0.806. The van der Waals surface area contributed by atoms with Crippen molar-refractivity contribution in [3.05, 3.63) is 34.6 Å². The number of methoxy groups -OCH3 is 1. The molecule has 0 saturated carbocycles. The van der Waals surface area contributed by atoms with Crippen LogP contribution < -0.4 is 0 Å². The molecule has 1 fully saturated rings. The van der Waals surface area contributed by atoms with E-state index in [9.17, 15) is 28.2 Å². The monoisotopic (exact) mass is 402 g/mol. The van der Waals surface area contributed by atoms with Crippen LogP contribution in [0.3, 0.4) is 0 Å². The first-order valence-electron chi connectivity index (χ1n) is 8.09. The van der Waals surface area contributed by atoms with Gasteiger partial charge in [0, 0.05) is 20.2 Å². The van der Waals surface area contributed by atoms with Gasteiger partial charge in [0.1, 0.15) is 9.88 Å². The summed E-state index contributed by atoms with van der Waals surface area (Å²) in [6.07, 6.45) is 1.92. The van der Waals surface area contributed by atoms with Crippen LogP contribution >= 0.6 is 11.3 Å². The second-order valence-corrected chi connectivity index (χ2v) is 7.39. The minimum atomic E-state index is -1.68. The van der Waals surface area contributed by atoms with Gasteiger partial charge < -0.3 is 19.8 Å². The number of halogens is 3. The van der Waals surface area contributed by atoms with Gasteiger partial charge in [-0.15, -0.1) is 11.3 Å². The third-order valence-electron chi connectivity index (χ3n) is 4.47. The highest BCUT2D eigenvalue weighted by Crippen LogP contribution is 2.35. The van der Waals surface area contributed by atoms with E-state index in [0.29, 0.717) is 32.0 Å². The van der Waals surface area contributed by atoms with Gasteiger partial charge in [-0.05, 0) is 18.9 Å². The highest BCUT2D eigenvalue weighted by Gasteiger charge is 2.34. The summed E-state index contributed by atoms with van der Waals surface area (Å²) in [6, 6.07) is 0.587. The standard InChI is InChI=1S/C17H17F3N2O4S/c1-26-8-17(25)2-4-22(5-3-17)16(24)11-7-21-15(27-11)9-6-10(18)13(20)14(23)12(9)19/h6-7,23,25H,2-5,8H2,1H3. The van der Waals surface area contributed by atoms with Gasteiger partial charge in [0.2, 0.25) is 5.82 Å². The number of rotatable bonds is 4. The second-order valence-electron chi connectivity index (χ2n) is 6.36. The average molecular weight is 402 g/mol. The second kappa shape index (κ2) is 7.45. The van der Waals surface area contributed by atoms with Crippen molar-refractivity contribution in [2.24, 2.45) is 0 Å². The fraction of sp³-hybridized carbons (Fsp3) is 0.412. The number of phenols is 1. The van der Waals surface area contributed by atoms with Crippen molar-refractivity contribution >= 4 is 17.2 Å². The fourth-order valence-corrected chi connectivity index (χ4v) is 3.83. The van der Waals surface area contributed by atoms with Crippen LogP contribution in [-0.4, -0.2) is 58.4 Å². The topological polar surface area (TPSA) is 82.9 Å². The van der Waals surface area contributed by atoms with E-state index in [2.05, 4.69) is 4.98 Å². The Kier molecular flexibility index (Phi) is 5.41. The number of aromatic hydroxyl groups is 1. The van der Waals surface area contributed by atoms with Gasteiger partial charge in [-0.2, -0.15) is 4.39 Å². The predicted molar refractivity (Wildman–Crippen MR) is 91.1 cm³/mol. The SMILES string of the molecule is COCC1(O)CCN(C(=O)c2cnc(-c3cc(F)c(F)c(O)c3F)s2)CC1. The van der Waals surface area contributed by atoms with E-state index in [1.165, 1.54) is 18.2 Å². The van der Waals surface area contributed by atoms with E-state index in [4.69, 9.17) is 4.74 Å². The zero-order valence-electron chi connectivity index (χ0n) is 14.3. The summed E-state index contributed by atoms with van der Waals surface area (Å²) in [7, 11) is 1.49. The van der Waals surface area contributed by atoms with Crippen molar-refractivity contribution in [3.8, 4) is 16.3 Å². The summed E-state index contributed by atoms with van der Waals surface area (Å²) < 4.78 is 45.7. The van der Waals surface area contributed by atoms with Gasteiger partial charge in [0.15, 0.2) is 17.4 Å². The molecule has 0 unspecified atom stereocenters. The van der Waals surface area contributed by atoms with Gasteiger partial charge in [-0.3, -0.25) is 4.79 Å². The lowest BCUT2D eigenvalue weighted by Crippen LogP contribution is -2.48. The summed E-state index contributed by atoms with van der Waals surface area (Å²) in [5, 5.41) is 19.6. The summed E-state index contributed by atoms with van der Waals surface area (Å²) in [5.74, 6) is -6.22. The van der Waals surface area contributed by atoms with Crippen LogP contribution in [-0.2, 0) is 4.74 Å². The van der Waals surface area contributed by atoms with Crippen LogP contribution in [0, 0.1) is 17.5 Å². The summed E-state index contributed by atoms with van der Waals surface area (Å²) in [5.41, 5.74) is -1.40. The van der Waals surface area contributed by atoms with Gasteiger partial charge >= 0.3 is 0 Å². The molecule has 0 radical (unpaired) electrons. The molecule has 0 aliphatic carbocycles. The van der Waals surface area contributed by atoms with Gasteiger partial charge in [-0.1, -0.05) is 0 Å². The molecule has 1 aliphatic heterocycles. The van der Waals surface area contributed by atoms with E-state index < -0.39 is 34.4 Å². The number of carbonyl (C=O) groups is 1. The van der Waals surface area contributed by atoms with Crippen LogP contribution in [0.1, 0.15) is 22.5 Å². The number of piperidine rings is 1. The minimum absolute atomic E-state index is 0.0575. The molecule has 1 aromatic carbocycles. The Hall–Kier alpha value is -2.17. The maximum Gasteiger partial charge on any atom is 0.265 e. The molecule has 6 nitrogen and oxygen atoms in total. The highest BCUT2D eigenvalue weighted by molar-refractivity contribution is 7.16. The van der Waals surface area contributed by atoms with Crippen LogP contribution in [0.2, 0.25) is 0 Å².